The lowest BCUT2D eigenvalue weighted by atomic mass is 10.2. The van der Waals surface area contributed by atoms with Crippen LogP contribution in [0.4, 0.5) is 4.39 Å². The van der Waals surface area contributed by atoms with E-state index >= 15 is 0 Å². The molecule has 0 atom stereocenters. The van der Waals surface area contributed by atoms with Crippen molar-refractivity contribution in [3.63, 3.8) is 0 Å². The molecule has 0 bridgehead atoms. The Balaban J connectivity index is 1.27. The topological polar surface area (TPSA) is 75.9 Å². The van der Waals surface area contributed by atoms with Crippen molar-refractivity contribution in [2.45, 2.75) is 31.0 Å². The second kappa shape index (κ2) is 11.5. The zero-order chi connectivity index (χ0) is 24.8. The van der Waals surface area contributed by atoms with Crippen molar-refractivity contribution >= 4 is 23.6 Å². The third kappa shape index (κ3) is 6.29. The number of carbonyl (C=O) groups is 2. The fourth-order valence-corrected chi connectivity index (χ4v) is 5.13. The van der Waals surface area contributed by atoms with Crippen LogP contribution in [0.15, 0.2) is 57.9 Å². The van der Waals surface area contributed by atoms with Crippen LogP contribution < -0.4 is 0 Å². The van der Waals surface area contributed by atoms with Crippen LogP contribution in [0.3, 0.4) is 0 Å². The average molecular weight is 498 g/mol. The summed E-state index contributed by atoms with van der Waals surface area (Å²) in [7, 11) is 0. The second-order valence-electron chi connectivity index (χ2n) is 8.41. The quantitative estimate of drug-likeness (QED) is 0.341. The van der Waals surface area contributed by atoms with Gasteiger partial charge in [0.15, 0.2) is 6.61 Å². The Morgan fingerprint density at radius 2 is 1.77 bits per heavy atom. The normalized spacial score (nSPS) is 14.2. The van der Waals surface area contributed by atoms with Crippen LogP contribution in [-0.2, 0) is 21.8 Å². The van der Waals surface area contributed by atoms with Crippen LogP contribution in [0.5, 0.6) is 0 Å². The predicted octanol–water partition coefficient (Wildman–Crippen LogP) is 4.22. The molecule has 2 heterocycles. The molecule has 1 aliphatic heterocycles. The van der Waals surface area contributed by atoms with Crippen LogP contribution >= 0.6 is 11.8 Å². The summed E-state index contributed by atoms with van der Waals surface area (Å²) >= 11 is 1.50. The smallest absolute Gasteiger partial charge is 0.339 e. The zero-order valence-corrected chi connectivity index (χ0v) is 20.6. The molecule has 184 valence electrons. The number of esters is 1. The number of ether oxygens (including phenoxy) is 1. The van der Waals surface area contributed by atoms with Crippen LogP contribution in [0.2, 0.25) is 0 Å². The largest absolute Gasteiger partial charge is 0.452 e. The minimum absolute atomic E-state index is 0.219. The monoisotopic (exact) mass is 497 g/mol. The summed E-state index contributed by atoms with van der Waals surface area (Å²) in [6.45, 7) is 6.23. The van der Waals surface area contributed by atoms with Crippen molar-refractivity contribution in [1.82, 2.24) is 15.0 Å². The number of nitrogens with zero attached hydrogens (tertiary/aromatic N) is 3. The highest BCUT2D eigenvalue weighted by Gasteiger charge is 2.23. The number of amides is 1. The van der Waals surface area contributed by atoms with E-state index in [1.807, 2.05) is 32.0 Å². The molecule has 2 aromatic carbocycles. The van der Waals surface area contributed by atoms with E-state index in [1.165, 1.54) is 17.8 Å². The number of rotatable bonds is 8. The molecule has 3 aromatic rings. The van der Waals surface area contributed by atoms with Crippen molar-refractivity contribution in [3.8, 4) is 0 Å². The molecule has 4 rings (SSSR count). The predicted molar refractivity (Wildman–Crippen MR) is 131 cm³/mol. The maximum atomic E-state index is 13.9. The maximum Gasteiger partial charge on any atom is 0.339 e. The standard InChI is InChI=1S/C26H28FN3O4S/c1-18-22(19(2)34-28-18)17-35-24-10-6-4-8-21(24)26(32)33-16-25(31)30-13-11-29(12-14-30)15-20-7-3-5-9-23(20)27/h3-10H,11-17H2,1-2H3. The molecule has 1 saturated heterocycles. The molecule has 35 heavy (non-hydrogen) atoms. The molecule has 1 fully saturated rings. The first kappa shape index (κ1) is 24.9. The molecule has 0 radical (unpaired) electrons. The summed E-state index contributed by atoms with van der Waals surface area (Å²) in [5.74, 6) is 0.391. The van der Waals surface area contributed by atoms with Gasteiger partial charge in [0.2, 0.25) is 0 Å². The first-order chi connectivity index (χ1) is 16.9. The molecule has 7 nitrogen and oxygen atoms in total. The van der Waals surface area contributed by atoms with Crippen LogP contribution in [0, 0.1) is 19.7 Å². The Hall–Kier alpha value is -3.17. The van der Waals surface area contributed by atoms with Crippen molar-refractivity contribution in [1.29, 1.82) is 0 Å². The number of thioether (sulfide) groups is 1. The highest BCUT2D eigenvalue weighted by Crippen LogP contribution is 2.29. The van der Waals surface area contributed by atoms with E-state index in [9.17, 15) is 14.0 Å². The van der Waals surface area contributed by atoms with Gasteiger partial charge in [0, 0.05) is 54.5 Å². The fraction of sp³-hybridized carbons (Fsp3) is 0.346. The lowest BCUT2D eigenvalue weighted by Gasteiger charge is -2.34. The van der Waals surface area contributed by atoms with Crippen molar-refractivity contribution in [3.05, 3.63) is 82.5 Å². The van der Waals surface area contributed by atoms with Gasteiger partial charge in [0.1, 0.15) is 11.6 Å². The molecule has 1 amide bonds. The third-order valence-corrected chi connectivity index (χ3v) is 7.16. The van der Waals surface area contributed by atoms with Gasteiger partial charge in [-0.25, -0.2) is 9.18 Å². The summed E-state index contributed by atoms with van der Waals surface area (Å²) in [6, 6.07) is 13.9. The molecular weight excluding hydrogens is 469 g/mol. The van der Waals surface area contributed by atoms with Gasteiger partial charge in [-0.05, 0) is 32.0 Å². The number of aromatic nitrogens is 1. The lowest BCUT2D eigenvalue weighted by molar-refractivity contribution is -0.136. The minimum Gasteiger partial charge on any atom is -0.452 e. The molecule has 1 aromatic heterocycles. The summed E-state index contributed by atoms with van der Waals surface area (Å²) in [6.07, 6.45) is 0. The first-order valence-corrected chi connectivity index (χ1v) is 12.4. The number of hydrogen-bond donors (Lipinski definition) is 0. The Morgan fingerprint density at radius 1 is 1.06 bits per heavy atom. The summed E-state index contributed by atoms with van der Waals surface area (Å²) in [5, 5.41) is 3.97. The number of benzene rings is 2. The highest BCUT2D eigenvalue weighted by atomic mass is 32.2. The molecular formula is C26H28FN3O4S. The number of hydrogen-bond acceptors (Lipinski definition) is 7. The Kier molecular flexibility index (Phi) is 8.20. The van der Waals surface area contributed by atoms with E-state index in [1.54, 1.807) is 29.2 Å². The third-order valence-electron chi connectivity index (χ3n) is 6.06. The van der Waals surface area contributed by atoms with Crippen molar-refractivity contribution in [2.75, 3.05) is 32.8 Å². The van der Waals surface area contributed by atoms with Crippen molar-refractivity contribution in [2.24, 2.45) is 0 Å². The SMILES string of the molecule is Cc1noc(C)c1CSc1ccccc1C(=O)OCC(=O)N1CCN(Cc2ccccc2F)CC1. The summed E-state index contributed by atoms with van der Waals surface area (Å²) in [4.78, 5) is 30.0. The van der Waals surface area contributed by atoms with E-state index in [-0.39, 0.29) is 18.3 Å². The lowest BCUT2D eigenvalue weighted by Crippen LogP contribution is -2.49. The Morgan fingerprint density at radius 3 is 2.49 bits per heavy atom. The Labute approximate surface area is 208 Å². The number of aryl methyl sites for hydroxylation is 2. The molecule has 0 unspecified atom stereocenters. The van der Waals surface area contributed by atoms with E-state index in [2.05, 4.69) is 10.1 Å². The number of halogens is 1. The van der Waals surface area contributed by atoms with E-state index in [4.69, 9.17) is 9.26 Å². The maximum absolute atomic E-state index is 13.9. The van der Waals surface area contributed by atoms with E-state index in [0.717, 1.165) is 21.9 Å². The molecule has 0 aliphatic carbocycles. The first-order valence-electron chi connectivity index (χ1n) is 11.5. The van der Waals surface area contributed by atoms with E-state index < -0.39 is 5.97 Å². The zero-order valence-electron chi connectivity index (χ0n) is 19.8. The average Bonchev–Trinajstić information content (AvgIpc) is 3.20. The van der Waals surface area contributed by atoms with Gasteiger partial charge < -0.3 is 14.2 Å². The molecule has 0 N–H and O–H groups in total. The van der Waals surface area contributed by atoms with Gasteiger partial charge in [-0.2, -0.15) is 0 Å². The highest BCUT2D eigenvalue weighted by molar-refractivity contribution is 7.98. The summed E-state index contributed by atoms with van der Waals surface area (Å²) in [5.41, 5.74) is 2.90. The Bertz CT molecular complexity index is 1170. The van der Waals surface area contributed by atoms with Crippen LogP contribution in [-0.4, -0.2) is 59.6 Å². The summed E-state index contributed by atoms with van der Waals surface area (Å²) < 4.78 is 24.5. The number of piperazine rings is 1. The molecule has 1 aliphatic rings. The molecule has 0 spiro atoms. The van der Waals surface area contributed by atoms with Gasteiger partial charge in [-0.3, -0.25) is 9.69 Å². The van der Waals surface area contributed by atoms with Crippen molar-refractivity contribution < 1.29 is 23.2 Å². The van der Waals surface area contributed by atoms with Gasteiger partial charge in [-0.1, -0.05) is 35.5 Å². The van der Waals surface area contributed by atoms with Gasteiger partial charge in [-0.15, -0.1) is 11.8 Å². The molecule has 9 heteroatoms. The van der Waals surface area contributed by atoms with Crippen LogP contribution in [0.1, 0.15) is 32.9 Å². The van der Waals surface area contributed by atoms with Crippen LogP contribution in [0.25, 0.3) is 0 Å². The molecule has 0 saturated carbocycles. The minimum atomic E-state index is -0.529. The van der Waals surface area contributed by atoms with E-state index in [0.29, 0.717) is 49.6 Å². The number of carbonyl (C=O) groups excluding carboxylic acids is 2. The van der Waals surface area contributed by atoms with Gasteiger partial charge in [0.25, 0.3) is 5.91 Å². The second-order valence-corrected chi connectivity index (χ2v) is 9.43. The fourth-order valence-electron chi connectivity index (χ4n) is 3.94. The van der Waals surface area contributed by atoms with Gasteiger partial charge in [0.05, 0.1) is 11.3 Å². The van der Waals surface area contributed by atoms with Gasteiger partial charge >= 0.3 is 5.97 Å².